The van der Waals surface area contributed by atoms with Gasteiger partial charge in [0, 0.05) is 16.2 Å². The van der Waals surface area contributed by atoms with E-state index in [9.17, 15) is 13.2 Å². The van der Waals surface area contributed by atoms with Crippen molar-refractivity contribution in [3.8, 4) is 0 Å². The Bertz CT molecular complexity index is 451. The van der Waals surface area contributed by atoms with Crippen LogP contribution in [0.1, 0.15) is 44.6 Å². The highest BCUT2D eigenvalue weighted by atomic mass is 79.9. The summed E-state index contributed by atoms with van der Waals surface area (Å²) in [6.07, 6.45) is 1.28. The number of alkyl halides is 3. The lowest BCUT2D eigenvalue weighted by atomic mass is 9.84. The molecular formula is C15H19BrF3N. The summed E-state index contributed by atoms with van der Waals surface area (Å²) in [7, 11) is 0. The van der Waals surface area contributed by atoms with E-state index in [2.05, 4.69) is 28.2 Å². The van der Waals surface area contributed by atoms with Crippen LogP contribution in [0.4, 0.5) is 18.9 Å². The third kappa shape index (κ3) is 4.14. The second-order valence-corrected chi connectivity index (χ2v) is 6.41. The van der Waals surface area contributed by atoms with E-state index in [1.165, 1.54) is 12.5 Å². The highest BCUT2D eigenvalue weighted by Gasteiger charge is 2.31. The van der Waals surface area contributed by atoms with Gasteiger partial charge in [0.2, 0.25) is 0 Å². The number of halogens is 4. The second-order valence-electron chi connectivity index (χ2n) is 5.50. The monoisotopic (exact) mass is 349 g/mol. The molecule has 0 amide bonds. The Labute approximate surface area is 126 Å². The summed E-state index contributed by atoms with van der Waals surface area (Å²) < 4.78 is 38.8. The molecular weight excluding hydrogens is 331 g/mol. The van der Waals surface area contributed by atoms with Crippen LogP contribution in [0, 0.1) is 5.92 Å². The van der Waals surface area contributed by atoms with Crippen LogP contribution in [0.2, 0.25) is 0 Å². The van der Waals surface area contributed by atoms with Crippen molar-refractivity contribution in [2.24, 2.45) is 5.92 Å². The molecule has 0 radical (unpaired) electrons. The van der Waals surface area contributed by atoms with Gasteiger partial charge in [0.15, 0.2) is 0 Å². The Morgan fingerprint density at radius 3 is 2.35 bits per heavy atom. The van der Waals surface area contributed by atoms with E-state index in [-0.39, 0.29) is 6.04 Å². The molecule has 0 heterocycles. The van der Waals surface area contributed by atoms with Crippen molar-refractivity contribution in [3.05, 3.63) is 28.2 Å². The molecule has 0 atom stereocenters. The highest BCUT2D eigenvalue weighted by molar-refractivity contribution is 9.10. The summed E-state index contributed by atoms with van der Waals surface area (Å²) in [6.45, 7) is 2.20. The second kappa shape index (κ2) is 6.37. The fraction of sp³-hybridized carbons (Fsp3) is 0.600. The summed E-state index contributed by atoms with van der Waals surface area (Å²) in [5.74, 6) is 0.779. The maximum absolute atomic E-state index is 12.8. The molecule has 0 spiro atoms. The van der Waals surface area contributed by atoms with Gasteiger partial charge in [0.05, 0.1) is 5.56 Å². The highest BCUT2D eigenvalue weighted by Crippen LogP contribution is 2.34. The van der Waals surface area contributed by atoms with E-state index in [1.54, 1.807) is 6.07 Å². The normalized spacial score (nSPS) is 23.6. The van der Waals surface area contributed by atoms with E-state index in [0.717, 1.165) is 37.7 Å². The Kier molecular flexibility index (Phi) is 4.99. The molecule has 1 N–H and O–H groups in total. The van der Waals surface area contributed by atoms with Crippen LogP contribution in [0.5, 0.6) is 0 Å². The average molecular weight is 350 g/mol. The quantitative estimate of drug-likeness (QED) is 0.721. The van der Waals surface area contributed by atoms with E-state index < -0.39 is 11.7 Å². The first kappa shape index (κ1) is 15.7. The number of hydrogen-bond donors (Lipinski definition) is 1. The zero-order chi connectivity index (χ0) is 14.8. The first-order valence-corrected chi connectivity index (χ1v) is 7.82. The molecule has 0 unspecified atom stereocenters. The predicted octanol–water partition coefficient (Wildman–Crippen LogP) is 5.85. The lowest BCUT2D eigenvalue weighted by Gasteiger charge is -2.29. The van der Waals surface area contributed by atoms with Gasteiger partial charge in [-0.15, -0.1) is 0 Å². The molecule has 112 valence electrons. The van der Waals surface area contributed by atoms with Crippen molar-refractivity contribution in [1.82, 2.24) is 0 Å². The van der Waals surface area contributed by atoms with Crippen molar-refractivity contribution in [1.29, 1.82) is 0 Å². The van der Waals surface area contributed by atoms with Gasteiger partial charge in [-0.2, -0.15) is 13.2 Å². The van der Waals surface area contributed by atoms with Crippen LogP contribution in [0.25, 0.3) is 0 Å². The molecule has 1 aromatic rings. The molecule has 1 saturated carbocycles. The molecule has 5 heteroatoms. The molecule has 1 aromatic carbocycles. The van der Waals surface area contributed by atoms with Gasteiger partial charge < -0.3 is 5.32 Å². The SMILES string of the molecule is CCC1CCC(Nc2cc(Br)cc(C(F)(F)F)c2)CC1. The predicted molar refractivity (Wildman–Crippen MR) is 78.8 cm³/mol. The van der Waals surface area contributed by atoms with Crippen molar-refractivity contribution >= 4 is 21.6 Å². The number of benzene rings is 1. The Hall–Kier alpha value is -0.710. The van der Waals surface area contributed by atoms with Crippen LogP contribution in [-0.4, -0.2) is 6.04 Å². The van der Waals surface area contributed by atoms with Gasteiger partial charge in [0.1, 0.15) is 0 Å². The summed E-state index contributed by atoms with van der Waals surface area (Å²) >= 11 is 3.15. The number of anilines is 1. The van der Waals surface area contributed by atoms with Crippen molar-refractivity contribution in [2.75, 3.05) is 5.32 Å². The molecule has 1 aliphatic carbocycles. The number of nitrogens with one attached hydrogen (secondary N) is 1. The minimum absolute atomic E-state index is 0.285. The van der Waals surface area contributed by atoms with Gasteiger partial charge in [0.25, 0.3) is 0 Å². The van der Waals surface area contributed by atoms with Crippen molar-refractivity contribution in [2.45, 2.75) is 51.2 Å². The molecule has 0 aliphatic heterocycles. The topological polar surface area (TPSA) is 12.0 Å². The van der Waals surface area contributed by atoms with Gasteiger partial charge in [-0.1, -0.05) is 29.3 Å². The maximum Gasteiger partial charge on any atom is 0.416 e. The van der Waals surface area contributed by atoms with Crippen LogP contribution >= 0.6 is 15.9 Å². The fourth-order valence-corrected chi connectivity index (χ4v) is 3.28. The minimum Gasteiger partial charge on any atom is -0.382 e. The molecule has 20 heavy (non-hydrogen) atoms. The molecule has 0 aromatic heterocycles. The number of hydrogen-bond acceptors (Lipinski definition) is 1. The number of rotatable bonds is 3. The summed E-state index contributed by atoms with van der Waals surface area (Å²) in [4.78, 5) is 0. The third-order valence-corrected chi connectivity index (χ3v) is 4.48. The molecule has 1 fully saturated rings. The molecule has 1 aliphatic rings. The van der Waals surface area contributed by atoms with Crippen LogP contribution in [-0.2, 0) is 6.18 Å². The maximum atomic E-state index is 12.8. The zero-order valence-electron chi connectivity index (χ0n) is 11.4. The fourth-order valence-electron chi connectivity index (χ4n) is 2.79. The molecule has 0 saturated heterocycles. The van der Waals surface area contributed by atoms with E-state index >= 15 is 0 Å². The Balaban J connectivity index is 2.05. The van der Waals surface area contributed by atoms with Crippen molar-refractivity contribution in [3.63, 3.8) is 0 Å². The van der Waals surface area contributed by atoms with Gasteiger partial charge in [-0.05, 0) is 49.8 Å². The lowest BCUT2D eigenvalue weighted by molar-refractivity contribution is -0.137. The summed E-state index contributed by atoms with van der Waals surface area (Å²) in [5, 5.41) is 3.25. The summed E-state index contributed by atoms with van der Waals surface area (Å²) in [6, 6.07) is 4.30. The largest absolute Gasteiger partial charge is 0.416 e. The molecule has 0 bridgehead atoms. The third-order valence-electron chi connectivity index (χ3n) is 4.02. The lowest BCUT2D eigenvalue weighted by Crippen LogP contribution is -2.26. The van der Waals surface area contributed by atoms with E-state index in [0.29, 0.717) is 10.2 Å². The average Bonchev–Trinajstić information content (AvgIpc) is 2.38. The summed E-state index contributed by atoms with van der Waals surface area (Å²) in [5.41, 5.74) is -0.0664. The van der Waals surface area contributed by atoms with Gasteiger partial charge >= 0.3 is 6.18 Å². The Morgan fingerprint density at radius 1 is 1.15 bits per heavy atom. The van der Waals surface area contributed by atoms with E-state index in [4.69, 9.17) is 0 Å². The van der Waals surface area contributed by atoms with Crippen LogP contribution in [0.15, 0.2) is 22.7 Å². The smallest absolute Gasteiger partial charge is 0.382 e. The van der Waals surface area contributed by atoms with Gasteiger partial charge in [-0.3, -0.25) is 0 Å². The minimum atomic E-state index is -4.31. The first-order chi connectivity index (χ1) is 9.38. The zero-order valence-corrected chi connectivity index (χ0v) is 13.0. The van der Waals surface area contributed by atoms with Crippen LogP contribution < -0.4 is 5.32 Å². The Morgan fingerprint density at radius 2 is 1.80 bits per heavy atom. The van der Waals surface area contributed by atoms with E-state index in [1.807, 2.05) is 0 Å². The van der Waals surface area contributed by atoms with Gasteiger partial charge in [-0.25, -0.2) is 0 Å². The van der Waals surface area contributed by atoms with Crippen molar-refractivity contribution < 1.29 is 13.2 Å². The first-order valence-electron chi connectivity index (χ1n) is 7.03. The molecule has 1 nitrogen and oxygen atoms in total. The van der Waals surface area contributed by atoms with Crippen LogP contribution in [0.3, 0.4) is 0 Å². The molecule has 2 rings (SSSR count). The standard InChI is InChI=1S/C15H19BrF3N/c1-2-10-3-5-13(6-4-10)20-14-8-11(15(17,18)19)7-12(16)9-14/h7-10,13,20H,2-6H2,1H3.